The molecular weight excluding hydrogens is 573 g/mol. The molecule has 0 aliphatic heterocycles. The van der Waals surface area contributed by atoms with Gasteiger partial charge in [0.1, 0.15) is 18.4 Å². The molecule has 1 aliphatic rings. The van der Waals surface area contributed by atoms with Crippen molar-refractivity contribution in [1.82, 2.24) is 10.2 Å². The third-order valence-corrected chi connectivity index (χ3v) is 9.47. The van der Waals surface area contributed by atoms with Gasteiger partial charge in [-0.1, -0.05) is 55.7 Å². The number of carbonyl (C=O) groups excluding carboxylic acids is 2. The molecule has 0 unspecified atom stereocenters. The molecule has 1 atom stereocenters. The van der Waals surface area contributed by atoms with Crippen LogP contribution in [0.5, 0.6) is 11.5 Å². The van der Waals surface area contributed by atoms with Gasteiger partial charge in [0.2, 0.25) is 11.8 Å². The zero-order valence-electron chi connectivity index (χ0n) is 24.7. The maximum absolute atomic E-state index is 14.8. The molecule has 0 saturated heterocycles. The second-order valence-electron chi connectivity index (χ2n) is 10.5. The Bertz CT molecular complexity index is 1510. The molecule has 1 fully saturated rings. The normalized spacial score (nSPS) is 14.4. The van der Waals surface area contributed by atoms with Gasteiger partial charge in [0.05, 0.1) is 24.8 Å². The summed E-state index contributed by atoms with van der Waals surface area (Å²) in [5.74, 6) is -0.939. The van der Waals surface area contributed by atoms with Crippen LogP contribution in [0.2, 0.25) is 0 Å². The minimum atomic E-state index is -4.26. The number of benzene rings is 3. The van der Waals surface area contributed by atoms with Crippen LogP contribution in [0, 0.1) is 5.82 Å². The van der Waals surface area contributed by atoms with E-state index in [2.05, 4.69) is 5.32 Å². The van der Waals surface area contributed by atoms with E-state index in [1.807, 2.05) is 0 Å². The molecule has 3 aromatic carbocycles. The summed E-state index contributed by atoms with van der Waals surface area (Å²) in [5.41, 5.74) is 0.358. The average Bonchev–Trinajstić information content (AvgIpc) is 3.03. The van der Waals surface area contributed by atoms with Crippen molar-refractivity contribution in [2.45, 2.75) is 62.6 Å². The Balaban J connectivity index is 1.72. The summed E-state index contributed by atoms with van der Waals surface area (Å²) in [5, 5.41) is 3.03. The van der Waals surface area contributed by atoms with Crippen LogP contribution in [0.1, 0.15) is 44.6 Å². The fourth-order valence-electron chi connectivity index (χ4n) is 5.19. The van der Waals surface area contributed by atoms with E-state index < -0.39 is 34.3 Å². The standard InChI is InChI=1S/C32H38FN3O6S/c1-23(32(38)34-25-13-6-4-7-14-25)35(21-24-12-10-11-17-28(24)33)31(37)22-36(43(39,40)27-15-8-5-9-16-27)26-18-19-29(41-2)30(20-26)42-3/h5,8-12,15-20,23,25H,4,6-7,13-14,21-22H2,1-3H3,(H,34,38)/t23-/m0/s1. The van der Waals surface area contributed by atoms with Gasteiger partial charge >= 0.3 is 0 Å². The number of amides is 2. The topological polar surface area (TPSA) is 105 Å². The molecule has 0 aromatic heterocycles. The van der Waals surface area contributed by atoms with Crippen LogP contribution in [0.4, 0.5) is 10.1 Å². The van der Waals surface area contributed by atoms with Crippen LogP contribution >= 0.6 is 0 Å². The molecule has 1 N–H and O–H groups in total. The summed E-state index contributed by atoms with van der Waals surface area (Å²) in [4.78, 5) is 28.7. The highest BCUT2D eigenvalue weighted by Crippen LogP contribution is 2.34. The molecule has 1 aliphatic carbocycles. The molecule has 3 aromatic rings. The molecule has 0 radical (unpaired) electrons. The van der Waals surface area contributed by atoms with Gasteiger partial charge in [-0.05, 0) is 50.1 Å². The van der Waals surface area contributed by atoms with Crippen LogP contribution in [0.3, 0.4) is 0 Å². The largest absolute Gasteiger partial charge is 0.493 e. The molecule has 43 heavy (non-hydrogen) atoms. The maximum atomic E-state index is 14.8. The fourth-order valence-corrected chi connectivity index (χ4v) is 6.62. The minimum Gasteiger partial charge on any atom is -0.493 e. The Labute approximate surface area is 252 Å². The van der Waals surface area contributed by atoms with Gasteiger partial charge in [-0.2, -0.15) is 0 Å². The van der Waals surface area contributed by atoms with E-state index in [1.54, 1.807) is 37.3 Å². The molecule has 4 rings (SSSR count). The summed E-state index contributed by atoms with van der Waals surface area (Å²) in [6, 6.07) is 17.2. The molecular formula is C32H38FN3O6S. The lowest BCUT2D eigenvalue weighted by atomic mass is 9.95. The number of nitrogens with one attached hydrogen (secondary N) is 1. The number of rotatable bonds is 12. The number of hydrogen-bond acceptors (Lipinski definition) is 6. The Morgan fingerprint density at radius 1 is 0.930 bits per heavy atom. The van der Waals surface area contributed by atoms with Crippen molar-refractivity contribution in [3.8, 4) is 11.5 Å². The molecule has 230 valence electrons. The van der Waals surface area contributed by atoms with Gasteiger partial charge in [0.15, 0.2) is 11.5 Å². The zero-order valence-corrected chi connectivity index (χ0v) is 25.5. The third kappa shape index (κ3) is 7.64. The van der Waals surface area contributed by atoms with E-state index in [0.717, 1.165) is 36.4 Å². The van der Waals surface area contributed by atoms with Gasteiger partial charge in [-0.3, -0.25) is 13.9 Å². The van der Waals surface area contributed by atoms with Gasteiger partial charge in [-0.25, -0.2) is 12.8 Å². The van der Waals surface area contributed by atoms with Crippen molar-refractivity contribution < 1.29 is 31.9 Å². The minimum absolute atomic E-state index is 0.00386. The number of nitrogens with zero attached hydrogens (tertiary/aromatic N) is 2. The highest BCUT2D eigenvalue weighted by atomic mass is 32.2. The number of ether oxygens (including phenoxy) is 2. The van der Waals surface area contributed by atoms with E-state index in [1.165, 1.54) is 61.6 Å². The quantitative estimate of drug-likeness (QED) is 0.312. The lowest BCUT2D eigenvalue weighted by Crippen LogP contribution is -2.53. The second-order valence-corrected chi connectivity index (χ2v) is 12.4. The smallest absolute Gasteiger partial charge is 0.264 e. The first-order valence-corrected chi connectivity index (χ1v) is 15.7. The SMILES string of the molecule is COc1ccc(N(CC(=O)N(Cc2ccccc2F)[C@@H](C)C(=O)NC2CCCCC2)S(=O)(=O)c2ccccc2)cc1OC. The van der Waals surface area contributed by atoms with E-state index in [9.17, 15) is 22.4 Å². The monoisotopic (exact) mass is 611 g/mol. The van der Waals surface area contributed by atoms with Crippen molar-refractivity contribution in [3.63, 3.8) is 0 Å². The first-order chi connectivity index (χ1) is 20.6. The predicted molar refractivity (Wildman–Crippen MR) is 162 cm³/mol. The van der Waals surface area contributed by atoms with E-state index in [-0.39, 0.29) is 40.4 Å². The maximum Gasteiger partial charge on any atom is 0.264 e. The number of anilines is 1. The van der Waals surface area contributed by atoms with Crippen molar-refractivity contribution >= 4 is 27.5 Å². The van der Waals surface area contributed by atoms with Crippen LogP contribution < -0.4 is 19.1 Å². The lowest BCUT2D eigenvalue weighted by Gasteiger charge is -2.33. The van der Waals surface area contributed by atoms with Crippen molar-refractivity contribution in [3.05, 3.63) is 84.2 Å². The second kappa shape index (κ2) is 14.4. The Hall–Kier alpha value is -4.12. The highest BCUT2D eigenvalue weighted by molar-refractivity contribution is 7.92. The number of halogens is 1. The summed E-state index contributed by atoms with van der Waals surface area (Å²) < 4.78 is 54.4. The fraction of sp³-hybridized carbons (Fsp3) is 0.375. The predicted octanol–water partition coefficient (Wildman–Crippen LogP) is 4.90. The molecule has 11 heteroatoms. The van der Waals surface area contributed by atoms with E-state index in [0.29, 0.717) is 5.75 Å². The highest BCUT2D eigenvalue weighted by Gasteiger charge is 2.34. The molecule has 2 amide bonds. The number of carbonyl (C=O) groups is 2. The van der Waals surface area contributed by atoms with E-state index >= 15 is 0 Å². The number of methoxy groups -OCH3 is 2. The zero-order chi connectivity index (χ0) is 31.0. The number of hydrogen-bond donors (Lipinski definition) is 1. The summed E-state index contributed by atoms with van der Waals surface area (Å²) in [7, 11) is -1.38. The van der Waals surface area contributed by atoms with Crippen LogP contribution in [0.15, 0.2) is 77.7 Å². The summed E-state index contributed by atoms with van der Waals surface area (Å²) >= 11 is 0. The number of sulfonamides is 1. The lowest BCUT2D eigenvalue weighted by molar-refractivity contribution is -0.139. The Morgan fingerprint density at radius 3 is 2.23 bits per heavy atom. The molecule has 0 bridgehead atoms. The molecule has 0 spiro atoms. The van der Waals surface area contributed by atoms with E-state index in [4.69, 9.17) is 9.47 Å². The van der Waals surface area contributed by atoms with Crippen molar-refractivity contribution in [1.29, 1.82) is 0 Å². The van der Waals surface area contributed by atoms with Gasteiger partial charge in [0.25, 0.3) is 10.0 Å². The van der Waals surface area contributed by atoms with Crippen LogP contribution in [0.25, 0.3) is 0 Å². The van der Waals surface area contributed by atoms with Gasteiger partial charge in [0, 0.05) is 24.2 Å². The summed E-state index contributed by atoms with van der Waals surface area (Å²) in [6.45, 7) is 0.696. The van der Waals surface area contributed by atoms with Crippen molar-refractivity contribution in [2.24, 2.45) is 0 Å². The molecule has 1 saturated carbocycles. The van der Waals surface area contributed by atoms with Crippen LogP contribution in [-0.2, 0) is 26.2 Å². The van der Waals surface area contributed by atoms with Gasteiger partial charge in [-0.15, -0.1) is 0 Å². The first kappa shape index (κ1) is 31.8. The van der Waals surface area contributed by atoms with Crippen LogP contribution in [-0.4, -0.2) is 58.0 Å². The Kier molecular flexibility index (Phi) is 10.6. The average molecular weight is 612 g/mol. The Morgan fingerprint density at radius 2 is 1.58 bits per heavy atom. The first-order valence-electron chi connectivity index (χ1n) is 14.3. The van der Waals surface area contributed by atoms with Gasteiger partial charge < -0.3 is 19.7 Å². The van der Waals surface area contributed by atoms with Crippen molar-refractivity contribution in [2.75, 3.05) is 25.1 Å². The molecule has 0 heterocycles. The third-order valence-electron chi connectivity index (χ3n) is 7.68. The molecule has 9 nitrogen and oxygen atoms in total. The summed E-state index contributed by atoms with van der Waals surface area (Å²) in [6.07, 6.45) is 4.83.